The lowest BCUT2D eigenvalue weighted by Crippen LogP contribution is -2.48. The average molecular weight is 457 g/mol. The number of carbonyl (C=O) groups is 1. The zero-order chi connectivity index (χ0) is 23.5. The molecule has 1 aliphatic heterocycles. The van der Waals surface area contributed by atoms with Crippen molar-refractivity contribution in [1.29, 1.82) is 0 Å². The molecule has 0 N–H and O–H groups in total. The number of nitrogens with zero attached hydrogens (tertiary/aromatic N) is 6. The molecule has 3 aromatic heterocycles. The van der Waals surface area contributed by atoms with Crippen LogP contribution >= 0.6 is 0 Å². The molecule has 174 valence electrons. The molecule has 0 saturated carbocycles. The Balaban J connectivity index is 1.34. The predicted octanol–water partition coefficient (Wildman–Crippen LogP) is 4.00. The third kappa shape index (κ3) is 4.49. The van der Waals surface area contributed by atoms with Crippen molar-refractivity contribution in [3.63, 3.8) is 0 Å². The second-order valence-corrected chi connectivity index (χ2v) is 8.78. The van der Waals surface area contributed by atoms with Gasteiger partial charge in [0.1, 0.15) is 5.69 Å². The SMILES string of the molecule is CC(C)c1c(C(=O)N2CCN(Cc3ccccc3)CC2)cnn1-c1nccc(-c2ccco2)n1. The molecule has 5 rings (SSSR count). The fourth-order valence-corrected chi connectivity index (χ4v) is 4.37. The normalized spacial score (nSPS) is 14.6. The van der Waals surface area contributed by atoms with Gasteiger partial charge in [-0.2, -0.15) is 5.10 Å². The summed E-state index contributed by atoms with van der Waals surface area (Å²) in [5.41, 5.74) is 3.39. The molecule has 1 amide bonds. The highest BCUT2D eigenvalue weighted by Crippen LogP contribution is 2.25. The van der Waals surface area contributed by atoms with Crippen molar-refractivity contribution >= 4 is 5.91 Å². The van der Waals surface area contributed by atoms with E-state index in [0.717, 1.165) is 25.3 Å². The summed E-state index contributed by atoms with van der Waals surface area (Å²) in [6.45, 7) is 8.09. The summed E-state index contributed by atoms with van der Waals surface area (Å²) in [5.74, 6) is 1.16. The highest BCUT2D eigenvalue weighted by Gasteiger charge is 2.28. The van der Waals surface area contributed by atoms with Crippen LogP contribution in [-0.4, -0.2) is 61.6 Å². The van der Waals surface area contributed by atoms with Gasteiger partial charge < -0.3 is 9.32 Å². The topological polar surface area (TPSA) is 80.3 Å². The number of carbonyl (C=O) groups excluding carboxylic acids is 1. The van der Waals surface area contributed by atoms with E-state index in [9.17, 15) is 4.79 Å². The second kappa shape index (κ2) is 9.61. The Labute approximate surface area is 198 Å². The monoisotopic (exact) mass is 456 g/mol. The summed E-state index contributed by atoms with van der Waals surface area (Å²) < 4.78 is 7.15. The summed E-state index contributed by atoms with van der Waals surface area (Å²) in [6.07, 6.45) is 4.94. The molecular weight excluding hydrogens is 428 g/mol. The molecular formula is C26H28N6O2. The third-order valence-electron chi connectivity index (χ3n) is 6.10. The minimum Gasteiger partial charge on any atom is -0.463 e. The molecule has 0 aliphatic carbocycles. The number of aromatic nitrogens is 4. The summed E-state index contributed by atoms with van der Waals surface area (Å²) in [5, 5.41) is 4.52. The Morgan fingerprint density at radius 2 is 1.82 bits per heavy atom. The van der Waals surface area contributed by atoms with Gasteiger partial charge in [-0.3, -0.25) is 9.69 Å². The average Bonchev–Trinajstić information content (AvgIpc) is 3.56. The lowest BCUT2D eigenvalue weighted by Gasteiger charge is -2.34. The van der Waals surface area contributed by atoms with Crippen LogP contribution in [0.3, 0.4) is 0 Å². The lowest BCUT2D eigenvalue weighted by atomic mass is 10.0. The molecule has 0 atom stereocenters. The van der Waals surface area contributed by atoms with Gasteiger partial charge in [0, 0.05) is 38.9 Å². The molecule has 0 spiro atoms. The fourth-order valence-electron chi connectivity index (χ4n) is 4.37. The summed E-state index contributed by atoms with van der Waals surface area (Å²) in [6, 6.07) is 15.9. The first-order valence-corrected chi connectivity index (χ1v) is 11.6. The predicted molar refractivity (Wildman–Crippen MR) is 129 cm³/mol. The highest BCUT2D eigenvalue weighted by atomic mass is 16.3. The molecule has 4 heterocycles. The highest BCUT2D eigenvalue weighted by molar-refractivity contribution is 5.95. The van der Waals surface area contributed by atoms with Crippen LogP contribution in [0.2, 0.25) is 0 Å². The number of benzene rings is 1. The van der Waals surface area contributed by atoms with E-state index in [1.54, 1.807) is 29.4 Å². The molecule has 34 heavy (non-hydrogen) atoms. The number of rotatable bonds is 6. The Morgan fingerprint density at radius 3 is 2.53 bits per heavy atom. The van der Waals surface area contributed by atoms with E-state index >= 15 is 0 Å². The van der Waals surface area contributed by atoms with Gasteiger partial charge in [-0.1, -0.05) is 44.2 Å². The molecule has 1 aliphatic rings. The molecule has 8 heteroatoms. The van der Waals surface area contributed by atoms with E-state index in [4.69, 9.17) is 4.42 Å². The van der Waals surface area contributed by atoms with Crippen molar-refractivity contribution in [2.24, 2.45) is 0 Å². The Morgan fingerprint density at radius 1 is 1.03 bits per heavy atom. The first-order chi connectivity index (χ1) is 16.6. The maximum Gasteiger partial charge on any atom is 0.257 e. The van der Waals surface area contributed by atoms with E-state index in [0.29, 0.717) is 36.1 Å². The van der Waals surface area contributed by atoms with Gasteiger partial charge in [-0.25, -0.2) is 14.6 Å². The van der Waals surface area contributed by atoms with Crippen LogP contribution in [0.25, 0.3) is 17.4 Å². The zero-order valence-electron chi connectivity index (χ0n) is 19.5. The molecule has 8 nitrogen and oxygen atoms in total. The van der Waals surface area contributed by atoms with Gasteiger partial charge in [0.15, 0.2) is 5.76 Å². The van der Waals surface area contributed by atoms with E-state index in [1.807, 2.05) is 23.1 Å². The van der Waals surface area contributed by atoms with Crippen molar-refractivity contribution < 1.29 is 9.21 Å². The molecule has 0 unspecified atom stereocenters. The van der Waals surface area contributed by atoms with Crippen LogP contribution in [0.4, 0.5) is 0 Å². The van der Waals surface area contributed by atoms with E-state index < -0.39 is 0 Å². The lowest BCUT2D eigenvalue weighted by molar-refractivity contribution is 0.0627. The van der Waals surface area contributed by atoms with Crippen LogP contribution in [0.15, 0.2) is 71.6 Å². The van der Waals surface area contributed by atoms with Crippen molar-refractivity contribution in [3.05, 3.63) is 84.0 Å². The largest absolute Gasteiger partial charge is 0.463 e. The maximum atomic E-state index is 13.5. The first kappa shape index (κ1) is 22.0. The Hall–Kier alpha value is -3.78. The maximum absolute atomic E-state index is 13.5. The third-order valence-corrected chi connectivity index (χ3v) is 6.10. The van der Waals surface area contributed by atoms with E-state index in [-0.39, 0.29) is 11.8 Å². The fraction of sp³-hybridized carbons (Fsp3) is 0.308. The number of piperazine rings is 1. The van der Waals surface area contributed by atoms with Crippen molar-refractivity contribution in [2.45, 2.75) is 26.3 Å². The molecule has 1 saturated heterocycles. The van der Waals surface area contributed by atoms with Gasteiger partial charge in [0.05, 0.1) is 23.7 Å². The van der Waals surface area contributed by atoms with Gasteiger partial charge in [-0.15, -0.1) is 0 Å². The zero-order valence-corrected chi connectivity index (χ0v) is 19.5. The Bertz CT molecular complexity index is 1240. The van der Waals surface area contributed by atoms with Crippen molar-refractivity contribution in [2.75, 3.05) is 26.2 Å². The molecule has 0 bridgehead atoms. The molecule has 1 fully saturated rings. The molecule has 1 aromatic carbocycles. The minimum absolute atomic E-state index is 0.0106. The quantitative estimate of drug-likeness (QED) is 0.436. The molecule has 0 radical (unpaired) electrons. The van der Waals surface area contributed by atoms with E-state index in [2.05, 4.69) is 58.1 Å². The number of hydrogen-bond donors (Lipinski definition) is 0. The van der Waals surface area contributed by atoms with E-state index in [1.165, 1.54) is 5.56 Å². The Kier molecular flexibility index (Phi) is 6.22. The molecule has 4 aromatic rings. The van der Waals surface area contributed by atoms with Crippen LogP contribution in [0, 0.1) is 0 Å². The summed E-state index contributed by atoms with van der Waals surface area (Å²) in [7, 11) is 0. The minimum atomic E-state index is 0.0106. The van der Waals surface area contributed by atoms with Gasteiger partial charge in [-0.05, 0) is 29.7 Å². The van der Waals surface area contributed by atoms with Crippen molar-refractivity contribution in [3.8, 4) is 17.4 Å². The van der Waals surface area contributed by atoms with Crippen LogP contribution in [-0.2, 0) is 6.54 Å². The van der Waals surface area contributed by atoms with Gasteiger partial charge >= 0.3 is 0 Å². The van der Waals surface area contributed by atoms with Gasteiger partial charge in [0.2, 0.25) is 0 Å². The van der Waals surface area contributed by atoms with Crippen molar-refractivity contribution in [1.82, 2.24) is 29.5 Å². The van der Waals surface area contributed by atoms with Crippen LogP contribution in [0.5, 0.6) is 0 Å². The van der Waals surface area contributed by atoms with Crippen LogP contribution < -0.4 is 0 Å². The van der Waals surface area contributed by atoms with Gasteiger partial charge in [0.25, 0.3) is 11.9 Å². The number of amides is 1. The summed E-state index contributed by atoms with van der Waals surface area (Å²) >= 11 is 0. The first-order valence-electron chi connectivity index (χ1n) is 11.6. The standard InChI is InChI=1S/C26H28N6O2/c1-19(2)24-21(17-28-32(24)26-27-11-10-22(29-26)23-9-6-16-34-23)25(33)31-14-12-30(13-15-31)18-20-7-4-3-5-8-20/h3-11,16-17,19H,12-15,18H2,1-2H3. The summed E-state index contributed by atoms with van der Waals surface area (Å²) in [4.78, 5) is 26.8. The van der Waals surface area contributed by atoms with Crippen LogP contribution in [0.1, 0.15) is 41.4 Å². The number of hydrogen-bond acceptors (Lipinski definition) is 6. The smallest absolute Gasteiger partial charge is 0.257 e. The number of furan rings is 1. The second-order valence-electron chi connectivity index (χ2n) is 8.78.